The van der Waals surface area contributed by atoms with E-state index in [4.69, 9.17) is 11.6 Å². The summed E-state index contributed by atoms with van der Waals surface area (Å²) in [6, 6.07) is 4.69. The Bertz CT molecular complexity index is 700. The molecule has 9 heteroatoms. The van der Waals surface area contributed by atoms with Gasteiger partial charge in [0.15, 0.2) is 15.8 Å². The maximum atomic E-state index is 13.5. The average Bonchev–Trinajstić information content (AvgIpc) is 2.83. The van der Waals surface area contributed by atoms with E-state index in [-0.39, 0.29) is 46.4 Å². The zero-order valence-electron chi connectivity index (χ0n) is 13.6. The van der Waals surface area contributed by atoms with Crippen molar-refractivity contribution < 1.29 is 12.8 Å². The summed E-state index contributed by atoms with van der Waals surface area (Å²) in [4.78, 5) is 6.04. The van der Waals surface area contributed by atoms with Crippen molar-refractivity contribution in [1.29, 1.82) is 0 Å². The van der Waals surface area contributed by atoms with Gasteiger partial charge in [0.1, 0.15) is 5.82 Å². The highest BCUT2D eigenvalue weighted by Gasteiger charge is 2.27. The number of nitrogens with zero attached hydrogens (tertiary/aromatic N) is 2. The molecule has 1 aromatic rings. The number of halogens is 3. The molecule has 1 saturated heterocycles. The molecule has 1 fully saturated rings. The molecule has 1 aromatic carbocycles. The Labute approximate surface area is 164 Å². The van der Waals surface area contributed by atoms with E-state index in [0.29, 0.717) is 25.5 Å². The standard InChI is InChI=1S/C15H21ClFN3O2S.HI/c1-18-15(19-8-12-5-6-23(21,22)10-12)20(2)9-11-3-4-13(16)14(17)7-11;/h3-4,7,12H,5-6,8-10H2,1-2H3,(H,18,19);1H. The molecule has 0 aromatic heterocycles. The second-order valence-corrected chi connectivity index (χ2v) is 8.44. The lowest BCUT2D eigenvalue weighted by molar-refractivity contribution is 0.462. The molecule has 0 aliphatic carbocycles. The van der Waals surface area contributed by atoms with Gasteiger partial charge in [0.25, 0.3) is 0 Å². The summed E-state index contributed by atoms with van der Waals surface area (Å²) >= 11 is 5.68. The summed E-state index contributed by atoms with van der Waals surface area (Å²) in [5.74, 6) is 0.792. The van der Waals surface area contributed by atoms with Crippen molar-refractivity contribution in [3.05, 3.63) is 34.6 Å². The van der Waals surface area contributed by atoms with Crippen LogP contribution in [0.15, 0.2) is 23.2 Å². The lowest BCUT2D eigenvalue weighted by atomic mass is 10.1. The number of hydrogen-bond donors (Lipinski definition) is 1. The molecule has 0 radical (unpaired) electrons. The molecule has 0 spiro atoms. The Kier molecular flexibility index (Phi) is 8.21. The molecule has 0 saturated carbocycles. The van der Waals surface area contributed by atoms with Crippen LogP contribution in [0.1, 0.15) is 12.0 Å². The van der Waals surface area contributed by atoms with Crippen LogP contribution in [0.4, 0.5) is 4.39 Å². The number of sulfone groups is 1. The fraction of sp³-hybridized carbons (Fsp3) is 0.533. The molecule has 1 aliphatic rings. The predicted molar refractivity (Wildman–Crippen MR) is 106 cm³/mol. The minimum Gasteiger partial charge on any atom is -0.356 e. The second kappa shape index (κ2) is 9.19. The molecule has 0 amide bonds. The van der Waals surface area contributed by atoms with Crippen LogP contribution in [0.3, 0.4) is 0 Å². The van der Waals surface area contributed by atoms with Crippen molar-refractivity contribution in [2.24, 2.45) is 10.9 Å². The van der Waals surface area contributed by atoms with Crippen LogP contribution >= 0.6 is 35.6 Å². The topological polar surface area (TPSA) is 61.8 Å². The summed E-state index contributed by atoms with van der Waals surface area (Å²) in [5.41, 5.74) is 0.779. The average molecular weight is 490 g/mol. The van der Waals surface area contributed by atoms with E-state index in [1.807, 2.05) is 11.9 Å². The summed E-state index contributed by atoms with van der Waals surface area (Å²) < 4.78 is 36.4. The monoisotopic (exact) mass is 489 g/mol. The third kappa shape index (κ3) is 6.03. The zero-order valence-corrected chi connectivity index (χ0v) is 17.5. The van der Waals surface area contributed by atoms with E-state index in [1.54, 1.807) is 13.1 Å². The maximum Gasteiger partial charge on any atom is 0.193 e. The zero-order chi connectivity index (χ0) is 17.0. The molecule has 0 bridgehead atoms. The molecule has 1 aliphatic heterocycles. The van der Waals surface area contributed by atoms with Crippen LogP contribution in [0, 0.1) is 11.7 Å². The van der Waals surface area contributed by atoms with Gasteiger partial charge in [-0.25, -0.2) is 12.8 Å². The highest BCUT2D eigenvalue weighted by atomic mass is 127. The fourth-order valence-electron chi connectivity index (χ4n) is 2.64. The van der Waals surface area contributed by atoms with Gasteiger partial charge in [-0.05, 0) is 30.0 Å². The van der Waals surface area contributed by atoms with Crippen molar-refractivity contribution in [2.45, 2.75) is 13.0 Å². The molecule has 1 atom stereocenters. The first-order valence-electron chi connectivity index (χ1n) is 7.37. The van der Waals surface area contributed by atoms with Crippen molar-refractivity contribution in [3.63, 3.8) is 0 Å². The van der Waals surface area contributed by atoms with E-state index < -0.39 is 15.7 Å². The Balaban J connectivity index is 0.00000288. The van der Waals surface area contributed by atoms with Crippen molar-refractivity contribution in [2.75, 3.05) is 32.1 Å². The van der Waals surface area contributed by atoms with E-state index in [0.717, 1.165) is 5.56 Å². The lowest BCUT2D eigenvalue weighted by Crippen LogP contribution is -2.40. The van der Waals surface area contributed by atoms with Crippen LogP contribution < -0.4 is 5.32 Å². The van der Waals surface area contributed by atoms with Crippen LogP contribution in [-0.2, 0) is 16.4 Å². The maximum absolute atomic E-state index is 13.5. The SMILES string of the molecule is CN=C(NCC1CCS(=O)(=O)C1)N(C)Cc1ccc(Cl)c(F)c1.I. The number of hydrogen-bond acceptors (Lipinski definition) is 3. The van der Waals surface area contributed by atoms with Crippen LogP contribution in [0.25, 0.3) is 0 Å². The van der Waals surface area contributed by atoms with E-state index >= 15 is 0 Å². The normalized spacial score (nSPS) is 19.7. The van der Waals surface area contributed by atoms with E-state index in [9.17, 15) is 12.8 Å². The summed E-state index contributed by atoms with van der Waals surface area (Å²) in [5, 5.41) is 3.29. The second-order valence-electron chi connectivity index (χ2n) is 5.80. The minimum atomic E-state index is -2.88. The summed E-state index contributed by atoms with van der Waals surface area (Å²) in [6.07, 6.45) is 0.679. The first-order valence-corrected chi connectivity index (χ1v) is 9.57. The predicted octanol–water partition coefficient (Wildman–Crippen LogP) is 2.54. The van der Waals surface area contributed by atoms with Crippen molar-refractivity contribution in [1.82, 2.24) is 10.2 Å². The Morgan fingerprint density at radius 2 is 2.21 bits per heavy atom. The molecule has 1 N–H and O–H groups in total. The number of rotatable bonds is 4. The number of guanidine groups is 1. The molecule has 5 nitrogen and oxygen atoms in total. The molecule has 24 heavy (non-hydrogen) atoms. The first kappa shape index (κ1) is 21.4. The van der Waals surface area contributed by atoms with Crippen LogP contribution in [0.2, 0.25) is 5.02 Å². The van der Waals surface area contributed by atoms with Gasteiger partial charge in [0, 0.05) is 27.2 Å². The van der Waals surface area contributed by atoms with E-state index in [2.05, 4.69) is 10.3 Å². The van der Waals surface area contributed by atoms with Gasteiger partial charge in [-0.3, -0.25) is 4.99 Å². The number of aliphatic imine (C=N–C) groups is 1. The molecular formula is C15H22ClFIN3O2S. The fourth-order valence-corrected chi connectivity index (χ4v) is 4.62. The molecule has 1 unspecified atom stereocenters. The van der Waals surface area contributed by atoms with Crippen molar-refractivity contribution >= 4 is 51.4 Å². The van der Waals surface area contributed by atoms with Crippen LogP contribution in [0.5, 0.6) is 0 Å². The molecule has 2 rings (SSSR count). The quantitative estimate of drug-likeness (QED) is 0.401. The highest BCUT2D eigenvalue weighted by molar-refractivity contribution is 14.0. The summed E-state index contributed by atoms with van der Waals surface area (Å²) in [6.45, 7) is 1.03. The smallest absolute Gasteiger partial charge is 0.193 e. The molecule has 1 heterocycles. The molecule has 136 valence electrons. The van der Waals surface area contributed by atoms with Gasteiger partial charge in [-0.2, -0.15) is 0 Å². The summed E-state index contributed by atoms with van der Waals surface area (Å²) in [7, 11) is 0.625. The largest absolute Gasteiger partial charge is 0.356 e. The van der Waals surface area contributed by atoms with Crippen LogP contribution in [-0.4, -0.2) is 51.4 Å². The Hall–Kier alpha value is -0.610. The van der Waals surface area contributed by atoms with Gasteiger partial charge in [0.05, 0.1) is 16.5 Å². The Morgan fingerprint density at radius 1 is 1.50 bits per heavy atom. The number of benzene rings is 1. The lowest BCUT2D eigenvalue weighted by Gasteiger charge is -2.23. The number of nitrogens with one attached hydrogen (secondary N) is 1. The van der Waals surface area contributed by atoms with E-state index in [1.165, 1.54) is 12.1 Å². The van der Waals surface area contributed by atoms with Gasteiger partial charge in [-0.1, -0.05) is 17.7 Å². The molecular weight excluding hydrogens is 468 g/mol. The van der Waals surface area contributed by atoms with Gasteiger partial charge in [0.2, 0.25) is 0 Å². The van der Waals surface area contributed by atoms with Gasteiger partial charge >= 0.3 is 0 Å². The third-order valence-corrected chi connectivity index (χ3v) is 6.00. The van der Waals surface area contributed by atoms with Gasteiger partial charge < -0.3 is 10.2 Å². The van der Waals surface area contributed by atoms with Crippen molar-refractivity contribution in [3.8, 4) is 0 Å². The third-order valence-electron chi connectivity index (χ3n) is 3.85. The Morgan fingerprint density at radius 3 is 2.75 bits per heavy atom. The minimum absolute atomic E-state index is 0. The highest BCUT2D eigenvalue weighted by Crippen LogP contribution is 2.18. The first-order chi connectivity index (χ1) is 10.8. The van der Waals surface area contributed by atoms with Gasteiger partial charge in [-0.15, -0.1) is 24.0 Å².